The Kier molecular flexibility index (Phi) is 3.71. The monoisotopic (exact) mass is 320 g/mol. The number of benzene rings is 1. The molecule has 1 aromatic carbocycles. The molecule has 1 saturated heterocycles. The highest BCUT2D eigenvalue weighted by Gasteiger charge is 2.31. The zero-order valence-corrected chi connectivity index (χ0v) is 12.5. The second kappa shape index (κ2) is 5.47. The van der Waals surface area contributed by atoms with Crippen LogP contribution in [0.2, 0.25) is 0 Å². The van der Waals surface area contributed by atoms with E-state index in [0.29, 0.717) is 16.8 Å². The quantitative estimate of drug-likeness (QED) is 0.806. The van der Waals surface area contributed by atoms with Gasteiger partial charge in [-0.05, 0) is 25.5 Å². The number of para-hydroxylation sites is 1. The Bertz CT molecular complexity index is 540. The van der Waals surface area contributed by atoms with E-state index in [2.05, 4.69) is 46.3 Å². The van der Waals surface area contributed by atoms with Gasteiger partial charge in [0.15, 0.2) is 0 Å². The second-order valence-electron chi connectivity index (χ2n) is 4.98. The molecule has 19 heavy (non-hydrogen) atoms. The molecule has 0 amide bonds. The molecule has 0 bridgehead atoms. The first-order valence-corrected chi connectivity index (χ1v) is 7.53. The van der Waals surface area contributed by atoms with Crippen LogP contribution < -0.4 is 0 Å². The van der Waals surface area contributed by atoms with Gasteiger partial charge in [0.1, 0.15) is 0 Å². The molecule has 0 N–H and O–H groups in total. The normalized spacial score (nSPS) is 24.5. The topological polar surface area (TPSA) is 27.1 Å². The van der Waals surface area contributed by atoms with Crippen molar-refractivity contribution in [3.63, 3.8) is 0 Å². The van der Waals surface area contributed by atoms with Gasteiger partial charge >= 0.3 is 0 Å². The van der Waals surface area contributed by atoms with Crippen LogP contribution >= 0.6 is 15.9 Å². The van der Waals surface area contributed by atoms with Gasteiger partial charge in [-0.1, -0.05) is 34.1 Å². The number of alkyl halides is 1. The number of ether oxygens (including phenoxy) is 1. The molecule has 0 radical (unpaired) electrons. The van der Waals surface area contributed by atoms with Crippen LogP contribution in [0, 0.1) is 5.92 Å². The van der Waals surface area contributed by atoms with Crippen molar-refractivity contribution in [1.82, 2.24) is 9.78 Å². The molecule has 0 aliphatic carbocycles. The van der Waals surface area contributed by atoms with E-state index in [4.69, 9.17) is 4.74 Å². The summed E-state index contributed by atoms with van der Waals surface area (Å²) in [5.41, 5.74) is 2.30. The third-order valence-electron chi connectivity index (χ3n) is 3.75. The summed E-state index contributed by atoms with van der Waals surface area (Å²) in [7, 11) is 0. The van der Waals surface area contributed by atoms with Crippen molar-refractivity contribution in [2.45, 2.75) is 24.3 Å². The molecule has 2 heterocycles. The summed E-state index contributed by atoms with van der Waals surface area (Å²) in [6.45, 7) is 3.01. The van der Waals surface area contributed by atoms with Crippen LogP contribution in [-0.2, 0) is 4.74 Å². The summed E-state index contributed by atoms with van der Waals surface area (Å²) >= 11 is 3.81. The highest BCUT2D eigenvalue weighted by Crippen LogP contribution is 2.39. The van der Waals surface area contributed by atoms with Crippen molar-refractivity contribution in [3.8, 4) is 5.69 Å². The molecule has 4 heteroatoms. The van der Waals surface area contributed by atoms with Crippen molar-refractivity contribution >= 4 is 15.9 Å². The van der Waals surface area contributed by atoms with Crippen LogP contribution in [0.1, 0.15) is 23.7 Å². The molecule has 1 aliphatic heterocycles. The molecular weight excluding hydrogens is 304 g/mol. The van der Waals surface area contributed by atoms with E-state index in [1.165, 1.54) is 5.56 Å². The lowest BCUT2D eigenvalue weighted by molar-refractivity contribution is 0.105. The van der Waals surface area contributed by atoms with Crippen LogP contribution in [-0.4, -0.2) is 22.5 Å². The average molecular weight is 321 g/mol. The maximum Gasteiger partial charge on any atom is 0.0645 e. The van der Waals surface area contributed by atoms with E-state index in [-0.39, 0.29) is 0 Å². The Labute approximate surface area is 121 Å². The van der Waals surface area contributed by atoms with Crippen molar-refractivity contribution in [2.24, 2.45) is 5.92 Å². The molecule has 3 unspecified atom stereocenters. The van der Waals surface area contributed by atoms with Crippen molar-refractivity contribution in [3.05, 3.63) is 48.3 Å². The Balaban J connectivity index is 1.81. The van der Waals surface area contributed by atoms with E-state index in [9.17, 15) is 0 Å². The van der Waals surface area contributed by atoms with Gasteiger partial charge in [0.2, 0.25) is 0 Å². The maximum absolute atomic E-state index is 5.64. The average Bonchev–Trinajstić information content (AvgIpc) is 3.08. The van der Waals surface area contributed by atoms with Gasteiger partial charge < -0.3 is 4.74 Å². The molecular formula is C15H17BrN2O. The van der Waals surface area contributed by atoms with Gasteiger partial charge in [0.05, 0.1) is 18.0 Å². The summed E-state index contributed by atoms with van der Waals surface area (Å²) < 4.78 is 7.56. The van der Waals surface area contributed by atoms with E-state index < -0.39 is 0 Å². The number of nitrogens with zero attached hydrogens (tertiary/aromatic N) is 2. The summed E-state index contributed by atoms with van der Waals surface area (Å²) in [5.74, 6) is 0.522. The van der Waals surface area contributed by atoms with E-state index in [1.807, 2.05) is 29.1 Å². The first-order chi connectivity index (χ1) is 9.25. The van der Waals surface area contributed by atoms with Crippen molar-refractivity contribution < 1.29 is 4.74 Å². The van der Waals surface area contributed by atoms with Crippen LogP contribution in [0.4, 0.5) is 0 Å². The molecule has 0 saturated carbocycles. The molecule has 3 atom stereocenters. The summed E-state index contributed by atoms with van der Waals surface area (Å²) in [4.78, 5) is 0.308. The third kappa shape index (κ3) is 2.60. The van der Waals surface area contributed by atoms with Gasteiger partial charge in [-0.25, -0.2) is 4.68 Å². The molecule has 100 valence electrons. The Morgan fingerprint density at radius 1 is 1.37 bits per heavy atom. The fraction of sp³-hybridized carbons (Fsp3) is 0.400. The lowest BCUT2D eigenvalue weighted by Crippen LogP contribution is -2.15. The van der Waals surface area contributed by atoms with Gasteiger partial charge in [-0.3, -0.25) is 0 Å². The smallest absolute Gasteiger partial charge is 0.0645 e. The van der Waals surface area contributed by atoms with E-state index in [0.717, 1.165) is 18.7 Å². The summed E-state index contributed by atoms with van der Waals surface area (Å²) in [6.07, 6.45) is 5.45. The molecule has 1 aliphatic rings. The Hall–Kier alpha value is -1.13. The highest BCUT2D eigenvalue weighted by atomic mass is 79.9. The highest BCUT2D eigenvalue weighted by molar-refractivity contribution is 9.09. The largest absolute Gasteiger partial charge is 0.378 e. The minimum absolute atomic E-state index is 0.308. The standard InChI is InChI=1S/C15H17BrN2O/c1-11-14(7-8-19-11)15(16)12-9-17-18(10-12)13-5-3-2-4-6-13/h2-6,9-11,14-15H,7-8H2,1H3. The maximum atomic E-state index is 5.64. The predicted octanol–water partition coefficient (Wildman–Crippen LogP) is 3.73. The van der Waals surface area contributed by atoms with Crippen LogP contribution in [0.5, 0.6) is 0 Å². The molecule has 1 fully saturated rings. The number of rotatable bonds is 3. The van der Waals surface area contributed by atoms with Crippen LogP contribution in [0.3, 0.4) is 0 Å². The van der Waals surface area contributed by atoms with Gasteiger partial charge in [-0.2, -0.15) is 5.10 Å². The molecule has 1 aromatic heterocycles. The second-order valence-corrected chi connectivity index (χ2v) is 5.97. The lowest BCUT2D eigenvalue weighted by atomic mass is 9.95. The minimum atomic E-state index is 0.308. The zero-order valence-electron chi connectivity index (χ0n) is 10.9. The van der Waals surface area contributed by atoms with Gasteiger partial charge in [-0.15, -0.1) is 0 Å². The molecule has 0 spiro atoms. The first kappa shape index (κ1) is 12.9. The van der Waals surface area contributed by atoms with Crippen molar-refractivity contribution in [2.75, 3.05) is 6.61 Å². The Morgan fingerprint density at radius 3 is 2.84 bits per heavy atom. The SMILES string of the molecule is CC1OCCC1C(Br)c1cnn(-c2ccccc2)c1. The Morgan fingerprint density at radius 2 is 2.16 bits per heavy atom. The number of hydrogen-bond donors (Lipinski definition) is 0. The van der Waals surface area contributed by atoms with Gasteiger partial charge in [0.25, 0.3) is 0 Å². The summed E-state index contributed by atoms with van der Waals surface area (Å²) in [6, 6.07) is 10.2. The number of aromatic nitrogens is 2. The van der Waals surface area contributed by atoms with E-state index >= 15 is 0 Å². The van der Waals surface area contributed by atoms with Gasteiger partial charge in [0, 0.05) is 29.1 Å². The molecule has 3 nitrogen and oxygen atoms in total. The van der Waals surface area contributed by atoms with Crippen LogP contribution in [0.25, 0.3) is 5.69 Å². The minimum Gasteiger partial charge on any atom is -0.378 e. The van der Waals surface area contributed by atoms with E-state index in [1.54, 1.807) is 0 Å². The third-order valence-corrected chi connectivity index (χ3v) is 4.96. The molecule has 3 rings (SSSR count). The first-order valence-electron chi connectivity index (χ1n) is 6.61. The number of halogens is 1. The number of hydrogen-bond acceptors (Lipinski definition) is 2. The fourth-order valence-corrected chi connectivity index (χ4v) is 3.51. The fourth-order valence-electron chi connectivity index (χ4n) is 2.58. The summed E-state index contributed by atoms with van der Waals surface area (Å²) in [5, 5.41) is 4.45. The molecule has 2 aromatic rings. The predicted molar refractivity (Wildman–Crippen MR) is 78.8 cm³/mol. The zero-order chi connectivity index (χ0) is 13.2. The lowest BCUT2D eigenvalue weighted by Gasteiger charge is -2.19. The van der Waals surface area contributed by atoms with Crippen molar-refractivity contribution in [1.29, 1.82) is 0 Å². The van der Waals surface area contributed by atoms with Crippen LogP contribution in [0.15, 0.2) is 42.7 Å².